The van der Waals surface area contributed by atoms with E-state index in [9.17, 15) is 4.79 Å². The lowest BCUT2D eigenvalue weighted by Crippen LogP contribution is -2.10. The highest BCUT2D eigenvalue weighted by molar-refractivity contribution is 5.98. The molecule has 0 aliphatic carbocycles. The Labute approximate surface area is 157 Å². The van der Waals surface area contributed by atoms with Crippen LogP contribution in [0.5, 0.6) is 0 Å². The van der Waals surface area contributed by atoms with Crippen molar-refractivity contribution in [2.45, 2.75) is 6.42 Å². The molecule has 0 radical (unpaired) electrons. The zero-order valence-electron chi connectivity index (χ0n) is 15.2. The maximum atomic E-state index is 12.7. The van der Waals surface area contributed by atoms with Crippen LogP contribution in [0.3, 0.4) is 0 Å². The fraction of sp³-hybridized carbons (Fsp3) is 0.136. The monoisotopic (exact) mass is 357 g/mol. The Morgan fingerprint density at radius 3 is 2.74 bits per heavy atom. The summed E-state index contributed by atoms with van der Waals surface area (Å²) in [7, 11) is 3.92. The van der Waals surface area contributed by atoms with Gasteiger partial charge in [-0.3, -0.25) is 9.78 Å². The van der Waals surface area contributed by atoms with Crippen molar-refractivity contribution in [2.24, 2.45) is 0 Å². The van der Waals surface area contributed by atoms with Crippen molar-refractivity contribution in [1.82, 2.24) is 9.97 Å². The van der Waals surface area contributed by atoms with Crippen LogP contribution in [-0.2, 0) is 6.42 Å². The normalized spacial score (nSPS) is 10.9. The average Bonchev–Trinajstić information content (AvgIpc) is 3.12. The summed E-state index contributed by atoms with van der Waals surface area (Å²) in [5.74, 6) is 0.611. The molecular weight excluding hydrogens is 338 g/mol. The van der Waals surface area contributed by atoms with Crippen molar-refractivity contribution in [2.75, 3.05) is 19.0 Å². The van der Waals surface area contributed by atoms with Crippen LogP contribution in [0.25, 0.3) is 22.6 Å². The zero-order chi connectivity index (χ0) is 18.8. The molecule has 0 bridgehead atoms. The number of rotatable bonds is 5. The molecule has 0 saturated heterocycles. The molecule has 2 aromatic heterocycles. The summed E-state index contributed by atoms with van der Waals surface area (Å²) in [6.07, 6.45) is 3.67. The van der Waals surface area contributed by atoms with Crippen LogP contribution in [0.1, 0.15) is 15.9 Å². The quantitative estimate of drug-likeness (QED) is 0.496. The molecule has 0 aliphatic rings. The second kappa shape index (κ2) is 7.03. The first kappa shape index (κ1) is 17.0. The Morgan fingerprint density at radius 1 is 1.07 bits per heavy atom. The van der Waals surface area contributed by atoms with Crippen molar-refractivity contribution in [3.63, 3.8) is 0 Å². The van der Waals surface area contributed by atoms with E-state index in [0.717, 1.165) is 22.3 Å². The lowest BCUT2D eigenvalue weighted by atomic mass is 10.0. The van der Waals surface area contributed by atoms with Gasteiger partial charge in [-0.25, -0.2) is 4.98 Å². The number of hydrogen-bond acceptors (Lipinski definition) is 5. The van der Waals surface area contributed by atoms with E-state index in [2.05, 4.69) is 9.97 Å². The molecule has 2 aromatic carbocycles. The fourth-order valence-electron chi connectivity index (χ4n) is 2.96. The van der Waals surface area contributed by atoms with Gasteiger partial charge in [0.15, 0.2) is 11.4 Å². The molecule has 0 fully saturated rings. The smallest absolute Gasteiger partial charge is 0.227 e. The predicted molar refractivity (Wildman–Crippen MR) is 106 cm³/mol. The minimum absolute atomic E-state index is 0.0811. The third kappa shape index (κ3) is 3.58. The topological polar surface area (TPSA) is 59.2 Å². The molecule has 0 atom stereocenters. The van der Waals surface area contributed by atoms with Gasteiger partial charge in [0.25, 0.3) is 0 Å². The van der Waals surface area contributed by atoms with Gasteiger partial charge in [0.2, 0.25) is 5.89 Å². The first-order valence-electron chi connectivity index (χ1n) is 8.70. The second-order valence-electron chi connectivity index (χ2n) is 6.61. The molecule has 4 aromatic rings. The molecule has 0 amide bonds. The number of anilines is 1. The highest BCUT2D eigenvalue weighted by Gasteiger charge is 2.12. The van der Waals surface area contributed by atoms with E-state index in [1.807, 2.05) is 67.5 Å². The third-order valence-electron chi connectivity index (χ3n) is 4.41. The Hall–Kier alpha value is -3.47. The van der Waals surface area contributed by atoms with E-state index in [0.29, 0.717) is 23.5 Å². The van der Waals surface area contributed by atoms with E-state index < -0.39 is 0 Å². The molecule has 0 spiro atoms. The van der Waals surface area contributed by atoms with Crippen LogP contribution < -0.4 is 4.90 Å². The third-order valence-corrected chi connectivity index (χ3v) is 4.41. The summed E-state index contributed by atoms with van der Waals surface area (Å²) >= 11 is 0. The lowest BCUT2D eigenvalue weighted by molar-refractivity contribution is 0.0993. The molecule has 0 unspecified atom stereocenters. The molecule has 2 heterocycles. The van der Waals surface area contributed by atoms with Gasteiger partial charge >= 0.3 is 0 Å². The van der Waals surface area contributed by atoms with E-state index in [1.165, 1.54) is 0 Å². The largest absolute Gasteiger partial charge is 0.436 e. The molecule has 0 aliphatic heterocycles. The standard InChI is InChI=1S/C22H19N3O2/c1-25(2)18-8-4-6-16(13-18)20(26)12-15-5-3-7-17(11-15)22-24-19-14-23-10-9-21(19)27-22/h3-11,13-14H,12H2,1-2H3. The van der Waals surface area contributed by atoms with Gasteiger partial charge < -0.3 is 9.32 Å². The predicted octanol–water partition coefficient (Wildman–Crippen LogP) is 4.38. The van der Waals surface area contributed by atoms with Gasteiger partial charge in [-0.2, -0.15) is 0 Å². The first-order chi connectivity index (χ1) is 13.1. The van der Waals surface area contributed by atoms with Crippen LogP contribution in [0, 0.1) is 0 Å². The van der Waals surface area contributed by atoms with Crippen LogP contribution in [0.15, 0.2) is 71.4 Å². The Bertz CT molecular complexity index is 1080. The molecule has 0 saturated carbocycles. The Kier molecular flexibility index (Phi) is 4.42. The maximum Gasteiger partial charge on any atom is 0.227 e. The average molecular weight is 357 g/mol. The fourth-order valence-corrected chi connectivity index (χ4v) is 2.96. The lowest BCUT2D eigenvalue weighted by Gasteiger charge is -2.13. The number of hydrogen-bond donors (Lipinski definition) is 0. The Morgan fingerprint density at radius 2 is 1.93 bits per heavy atom. The summed E-state index contributed by atoms with van der Waals surface area (Å²) in [5, 5.41) is 0. The zero-order valence-corrected chi connectivity index (χ0v) is 15.2. The van der Waals surface area contributed by atoms with Crippen LogP contribution in [-0.4, -0.2) is 29.8 Å². The van der Waals surface area contributed by atoms with E-state index in [4.69, 9.17) is 4.42 Å². The molecule has 4 rings (SSSR count). The van der Waals surface area contributed by atoms with Crippen molar-refractivity contribution in [3.8, 4) is 11.5 Å². The summed E-state index contributed by atoms with van der Waals surface area (Å²) in [4.78, 5) is 23.2. The van der Waals surface area contributed by atoms with E-state index in [1.54, 1.807) is 18.5 Å². The van der Waals surface area contributed by atoms with E-state index in [-0.39, 0.29) is 5.78 Å². The minimum Gasteiger partial charge on any atom is -0.436 e. The number of ketones is 1. The Balaban J connectivity index is 1.59. The van der Waals surface area contributed by atoms with Gasteiger partial charge in [0, 0.05) is 49.6 Å². The van der Waals surface area contributed by atoms with Gasteiger partial charge in [0.05, 0.1) is 6.20 Å². The number of pyridine rings is 1. The number of aromatic nitrogens is 2. The van der Waals surface area contributed by atoms with Crippen LogP contribution >= 0.6 is 0 Å². The first-order valence-corrected chi connectivity index (χ1v) is 8.70. The van der Waals surface area contributed by atoms with Crippen molar-refractivity contribution < 1.29 is 9.21 Å². The summed E-state index contributed by atoms with van der Waals surface area (Å²) in [6, 6.07) is 17.2. The van der Waals surface area contributed by atoms with Crippen LogP contribution in [0.2, 0.25) is 0 Å². The number of carbonyl (C=O) groups excluding carboxylic acids is 1. The summed E-state index contributed by atoms with van der Waals surface area (Å²) < 4.78 is 5.80. The van der Waals surface area contributed by atoms with Gasteiger partial charge in [-0.1, -0.05) is 24.3 Å². The van der Waals surface area contributed by atoms with E-state index >= 15 is 0 Å². The number of fused-ring (bicyclic) bond motifs is 1. The molecule has 0 N–H and O–H groups in total. The summed E-state index contributed by atoms with van der Waals surface area (Å²) in [5.41, 5.74) is 4.90. The second-order valence-corrected chi connectivity index (χ2v) is 6.61. The van der Waals surface area contributed by atoms with Crippen molar-refractivity contribution in [1.29, 1.82) is 0 Å². The molecule has 5 heteroatoms. The highest BCUT2D eigenvalue weighted by Crippen LogP contribution is 2.25. The van der Waals surface area contributed by atoms with Gasteiger partial charge in [0.1, 0.15) is 5.52 Å². The van der Waals surface area contributed by atoms with Gasteiger partial charge in [-0.15, -0.1) is 0 Å². The highest BCUT2D eigenvalue weighted by atomic mass is 16.3. The van der Waals surface area contributed by atoms with Crippen molar-refractivity contribution in [3.05, 3.63) is 78.1 Å². The number of oxazole rings is 1. The SMILES string of the molecule is CN(C)c1cccc(C(=O)Cc2cccc(-c3nc4cnccc4o3)c2)c1. The molecule has 5 nitrogen and oxygen atoms in total. The number of nitrogens with zero attached hydrogens (tertiary/aromatic N) is 3. The van der Waals surface area contributed by atoms with Crippen LogP contribution in [0.4, 0.5) is 5.69 Å². The molecule has 27 heavy (non-hydrogen) atoms. The number of Topliss-reactive ketones (excluding diaryl/α,β-unsaturated/α-hetero) is 1. The molecular formula is C22H19N3O2. The maximum absolute atomic E-state index is 12.7. The minimum atomic E-state index is 0.0811. The van der Waals surface area contributed by atoms with Crippen molar-refractivity contribution >= 4 is 22.6 Å². The summed E-state index contributed by atoms with van der Waals surface area (Å²) in [6.45, 7) is 0. The molecule has 134 valence electrons. The number of carbonyl (C=O) groups is 1. The van der Waals surface area contributed by atoms with Gasteiger partial charge in [-0.05, 0) is 29.8 Å². The number of benzene rings is 2.